The number of fused-ring (bicyclic) bond motifs is 3. The molecule has 1 atom stereocenters. The predicted molar refractivity (Wildman–Crippen MR) is 216 cm³/mol. The highest BCUT2D eigenvalue weighted by molar-refractivity contribution is 6.03. The lowest BCUT2D eigenvalue weighted by atomic mass is 10.1. The minimum Gasteiger partial charge on any atom is -0.494 e. The van der Waals surface area contributed by atoms with E-state index in [9.17, 15) is 9.59 Å². The number of benzene rings is 4. The molecule has 3 heterocycles. The Kier molecular flexibility index (Phi) is 12.1. The highest BCUT2D eigenvalue weighted by Crippen LogP contribution is 2.38. The highest BCUT2D eigenvalue weighted by atomic mass is 16.5. The van der Waals surface area contributed by atoms with Gasteiger partial charge in [0.05, 0.1) is 54.2 Å². The van der Waals surface area contributed by atoms with Gasteiger partial charge in [0.15, 0.2) is 11.5 Å². The van der Waals surface area contributed by atoms with Crippen molar-refractivity contribution in [2.24, 2.45) is 4.99 Å². The number of hydrogen-bond acceptors (Lipinski definition) is 7. The summed E-state index contributed by atoms with van der Waals surface area (Å²) in [6.45, 7) is 2.03. The van der Waals surface area contributed by atoms with E-state index in [0.29, 0.717) is 52.7 Å². The second-order valence-electron chi connectivity index (χ2n) is 13.9. The van der Waals surface area contributed by atoms with Crippen LogP contribution in [0.15, 0.2) is 101 Å². The Labute approximate surface area is 316 Å². The summed E-state index contributed by atoms with van der Waals surface area (Å²) in [5, 5.41) is 0.581. The van der Waals surface area contributed by atoms with E-state index in [1.807, 2.05) is 108 Å². The maximum absolute atomic E-state index is 13.6. The number of nitrogens with zero attached hydrogens (tertiary/aromatic N) is 4. The van der Waals surface area contributed by atoms with Gasteiger partial charge in [-0.1, -0.05) is 87.1 Å². The minimum atomic E-state index is -0.105. The molecule has 1 saturated heterocycles. The van der Waals surface area contributed by atoms with Gasteiger partial charge in [-0.05, 0) is 79.8 Å². The number of para-hydroxylation sites is 1. The van der Waals surface area contributed by atoms with Crippen molar-refractivity contribution in [3.05, 3.63) is 118 Å². The Morgan fingerprint density at radius 2 is 1.46 bits per heavy atom. The zero-order chi connectivity index (χ0) is 37.1. The van der Waals surface area contributed by atoms with Crippen molar-refractivity contribution in [2.45, 2.75) is 70.3 Å². The summed E-state index contributed by atoms with van der Waals surface area (Å²) in [5.74, 6) is 2.59. The van der Waals surface area contributed by atoms with Gasteiger partial charge in [-0.15, -0.1) is 0 Å². The van der Waals surface area contributed by atoms with Crippen LogP contribution in [0.25, 0.3) is 28.7 Å². The number of methoxy groups -OCH3 is 1. The molecule has 1 fully saturated rings. The van der Waals surface area contributed by atoms with Gasteiger partial charge in [0.25, 0.3) is 11.5 Å². The Bertz CT molecular complexity index is 2160. The van der Waals surface area contributed by atoms with Gasteiger partial charge >= 0.3 is 0 Å². The number of carbonyl (C=O) groups is 1. The highest BCUT2D eigenvalue weighted by Gasteiger charge is 2.32. The zero-order valence-electron chi connectivity index (χ0n) is 31.0. The van der Waals surface area contributed by atoms with E-state index in [4.69, 9.17) is 19.2 Å². The van der Waals surface area contributed by atoms with Crippen LogP contribution in [-0.2, 0) is 0 Å². The van der Waals surface area contributed by atoms with Crippen LogP contribution in [0.4, 0.5) is 5.69 Å². The van der Waals surface area contributed by atoms with Crippen molar-refractivity contribution in [2.75, 3.05) is 26.9 Å². The van der Waals surface area contributed by atoms with Crippen molar-refractivity contribution < 1.29 is 19.0 Å². The molecule has 2 aliphatic rings. The maximum atomic E-state index is 13.6. The summed E-state index contributed by atoms with van der Waals surface area (Å²) in [6, 6.07) is 28.8. The fourth-order valence-electron chi connectivity index (χ4n) is 7.19. The molecular formula is C45H48N4O5. The van der Waals surface area contributed by atoms with Crippen LogP contribution in [-0.4, -0.2) is 59.5 Å². The van der Waals surface area contributed by atoms with E-state index in [1.54, 1.807) is 17.7 Å². The molecule has 4 aromatic carbocycles. The van der Waals surface area contributed by atoms with Gasteiger partial charge in [0.1, 0.15) is 11.6 Å². The Hall–Kier alpha value is -5.70. The first-order chi connectivity index (χ1) is 26.6. The lowest BCUT2D eigenvalue weighted by Crippen LogP contribution is -2.35. The fraction of sp³-hybridized carbons (Fsp3) is 0.333. The van der Waals surface area contributed by atoms with Gasteiger partial charge < -0.3 is 19.1 Å². The van der Waals surface area contributed by atoms with Gasteiger partial charge in [-0.2, -0.15) is 0 Å². The van der Waals surface area contributed by atoms with Crippen LogP contribution in [0.1, 0.15) is 86.0 Å². The van der Waals surface area contributed by atoms with Crippen molar-refractivity contribution in [1.82, 2.24) is 14.5 Å². The first kappa shape index (κ1) is 36.6. The number of aromatic nitrogens is 2. The van der Waals surface area contributed by atoms with E-state index in [1.165, 1.54) is 25.7 Å². The van der Waals surface area contributed by atoms with E-state index in [0.717, 1.165) is 62.1 Å². The summed E-state index contributed by atoms with van der Waals surface area (Å²) in [5.41, 5.74) is 3.58. The molecule has 0 unspecified atom stereocenters. The largest absolute Gasteiger partial charge is 0.494 e. The standard InChI is InChI=1S/C45H48N4O5/c1-52-41-30-38-40(46-32-35-18-15-27-48(35)44(38)50)31-42(41)54-29-14-7-5-3-2-4-6-13-28-53-36-24-22-34(23-25-36)49-43(26-21-33-16-9-8-10-17-33)47-39-20-12-11-19-37(39)45(49)51/h8-12,16-17,19-26,30-32,35H,2-7,13-15,18,27-29H2,1H3/b26-21+/t35-/m0/s1. The molecule has 278 valence electrons. The average Bonchev–Trinajstić information content (AvgIpc) is 3.64. The fourth-order valence-corrected chi connectivity index (χ4v) is 7.19. The molecule has 7 rings (SSSR count). The number of rotatable bonds is 17. The van der Waals surface area contributed by atoms with Gasteiger partial charge in [0.2, 0.25) is 0 Å². The number of amides is 1. The van der Waals surface area contributed by atoms with E-state index >= 15 is 0 Å². The third-order valence-corrected chi connectivity index (χ3v) is 10.1. The molecule has 0 spiro atoms. The van der Waals surface area contributed by atoms with Gasteiger partial charge in [-0.3, -0.25) is 19.1 Å². The van der Waals surface area contributed by atoms with E-state index in [2.05, 4.69) is 4.99 Å². The van der Waals surface area contributed by atoms with Crippen LogP contribution in [0.2, 0.25) is 0 Å². The molecular weight excluding hydrogens is 677 g/mol. The second kappa shape index (κ2) is 17.9. The van der Waals surface area contributed by atoms with Crippen LogP contribution in [0, 0.1) is 0 Å². The van der Waals surface area contributed by atoms with Crippen molar-refractivity contribution in [1.29, 1.82) is 0 Å². The summed E-state index contributed by atoms with van der Waals surface area (Å²) in [4.78, 5) is 38.1. The smallest absolute Gasteiger partial charge is 0.266 e. The van der Waals surface area contributed by atoms with Crippen molar-refractivity contribution in [3.8, 4) is 22.9 Å². The van der Waals surface area contributed by atoms with Crippen molar-refractivity contribution >= 4 is 40.9 Å². The molecule has 5 aromatic rings. The van der Waals surface area contributed by atoms with Gasteiger partial charge in [0, 0.05) is 18.8 Å². The molecule has 54 heavy (non-hydrogen) atoms. The molecule has 9 nitrogen and oxygen atoms in total. The van der Waals surface area contributed by atoms with Crippen LogP contribution < -0.4 is 19.8 Å². The SMILES string of the molecule is COc1cc2c(cc1OCCCCCCCCCCOc1ccc(-n3c(/C=C/c4ccccc4)nc4ccccc4c3=O)cc1)N=C[C@@H]1CCCN1C2=O. The molecule has 0 saturated carbocycles. The van der Waals surface area contributed by atoms with Crippen LogP contribution in [0.3, 0.4) is 0 Å². The van der Waals surface area contributed by atoms with Crippen LogP contribution >= 0.6 is 0 Å². The monoisotopic (exact) mass is 724 g/mol. The Morgan fingerprint density at radius 3 is 2.22 bits per heavy atom. The van der Waals surface area contributed by atoms with E-state index in [-0.39, 0.29) is 17.5 Å². The summed E-state index contributed by atoms with van der Waals surface area (Å²) >= 11 is 0. The molecule has 9 heteroatoms. The normalized spacial score (nSPS) is 15.0. The first-order valence-corrected chi connectivity index (χ1v) is 19.3. The zero-order valence-corrected chi connectivity index (χ0v) is 31.0. The number of unbranched alkanes of at least 4 members (excludes halogenated alkanes) is 7. The molecule has 0 radical (unpaired) electrons. The van der Waals surface area contributed by atoms with Gasteiger partial charge in [-0.25, -0.2) is 4.98 Å². The molecule has 1 amide bonds. The number of hydrogen-bond donors (Lipinski definition) is 0. The van der Waals surface area contributed by atoms with E-state index < -0.39 is 0 Å². The Morgan fingerprint density at radius 1 is 0.759 bits per heavy atom. The molecule has 0 aliphatic carbocycles. The number of ether oxygens (including phenoxy) is 3. The minimum absolute atomic E-state index is 0.0190. The average molecular weight is 725 g/mol. The molecule has 0 bridgehead atoms. The third-order valence-electron chi connectivity index (χ3n) is 10.1. The first-order valence-electron chi connectivity index (χ1n) is 19.3. The molecule has 1 aromatic heterocycles. The van der Waals surface area contributed by atoms with Crippen LogP contribution in [0.5, 0.6) is 17.2 Å². The summed E-state index contributed by atoms with van der Waals surface area (Å²) in [7, 11) is 1.61. The molecule has 2 aliphatic heterocycles. The lowest BCUT2D eigenvalue weighted by Gasteiger charge is -2.20. The maximum Gasteiger partial charge on any atom is 0.266 e. The second-order valence-corrected chi connectivity index (χ2v) is 13.9. The van der Waals surface area contributed by atoms with Crippen molar-refractivity contribution in [3.63, 3.8) is 0 Å². The number of carbonyl (C=O) groups excluding carboxylic acids is 1. The summed E-state index contributed by atoms with van der Waals surface area (Å²) < 4.78 is 19.4. The quantitative estimate of drug-likeness (QED) is 0.0887. The lowest BCUT2D eigenvalue weighted by molar-refractivity contribution is 0.0774. The molecule has 0 N–H and O–H groups in total. The topological polar surface area (TPSA) is 95.2 Å². The predicted octanol–water partition coefficient (Wildman–Crippen LogP) is 9.46. The Balaban J connectivity index is 0.810. The summed E-state index contributed by atoms with van der Waals surface area (Å²) in [6.07, 6.45) is 16.7. The third kappa shape index (κ3) is 8.73. The number of aliphatic imine (C=N–C) groups is 1.